The summed E-state index contributed by atoms with van der Waals surface area (Å²) in [4.78, 5) is 13.9. The normalized spacial score (nSPS) is 20.3. The Labute approximate surface area is 100 Å². The van der Waals surface area contributed by atoms with Crippen LogP contribution in [0.1, 0.15) is 30.1 Å². The van der Waals surface area contributed by atoms with E-state index in [9.17, 15) is 15.0 Å². The van der Waals surface area contributed by atoms with E-state index in [-0.39, 0.29) is 17.4 Å². The van der Waals surface area contributed by atoms with E-state index in [1.54, 1.807) is 4.90 Å². The number of aromatic hydroxyl groups is 2. The third-order valence-corrected chi connectivity index (χ3v) is 3.17. The summed E-state index contributed by atoms with van der Waals surface area (Å²) in [5, 5.41) is 18.6. The highest BCUT2D eigenvalue weighted by molar-refractivity contribution is 5.95. The van der Waals surface area contributed by atoms with Crippen molar-refractivity contribution >= 4 is 5.91 Å². The van der Waals surface area contributed by atoms with Gasteiger partial charge >= 0.3 is 0 Å². The summed E-state index contributed by atoms with van der Waals surface area (Å²) in [6.45, 7) is 3.67. The number of hydrogen-bond acceptors (Lipinski definition) is 3. The van der Waals surface area contributed by atoms with Crippen molar-refractivity contribution in [1.82, 2.24) is 4.90 Å². The molecule has 0 aliphatic carbocycles. The van der Waals surface area contributed by atoms with E-state index in [0.717, 1.165) is 25.9 Å². The van der Waals surface area contributed by atoms with E-state index < -0.39 is 0 Å². The Morgan fingerprint density at radius 3 is 2.76 bits per heavy atom. The molecule has 1 heterocycles. The molecule has 1 unspecified atom stereocenters. The van der Waals surface area contributed by atoms with Crippen molar-refractivity contribution in [3.63, 3.8) is 0 Å². The van der Waals surface area contributed by atoms with E-state index in [0.29, 0.717) is 11.5 Å². The summed E-state index contributed by atoms with van der Waals surface area (Å²) < 4.78 is 0. The molecule has 2 N–H and O–H groups in total. The first-order chi connectivity index (χ1) is 8.08. The third kappa shape index (κ3) is 2.52. The zero-order valence-electron chi connectivity index (χ0n) is 9.89. The Hall–Kier alpha value is -1.71. The molecule has 1 saturated heterocycles. The second-order valence-corrected chi connectivity index (χ2v) is 4.70. The third-order valence-electron chi connectivity index (χ3n) is 3.17. The Bertz CT molecular complexity index is 431. The van der Waals surface area contributed by atoms with Crippen LogP contribution in [0.25, 0.3) is 0 Å². The molecule has 1 atom stereocenters. The average molecular weight is 235 g/mol. The molecular weight excluding hydrogens is 218 g/mol. The van der Waals surface area contributed by atoms with Crippen LogP contribution in [0.5, 0.6) is 11.5 Å². The maximum absolute atomic E-state index is 12.1. The van der Waals surface area contributed by atoms with Crippen molar-refractivity contribution in [1.29, 1.82) is 0 Å². The SMILES string of the molecule is CC1CCCN(C(=O)c2ccc(O)c(O)c2)C1. The number of piperidine rings is 1. The van der Waals surface area contributed by atoms with Gasteiger partial charge in [0.15, 0.2) is 11.5 Å². The highest BCUT2D eigenvalue weighted by Crippen LogP contribution is 2.26. The van der Waals surface area contributed by atoms with Gasteiger partial charge < -0.3 is 15.1 Å². The molecule has 1 aliphatic rings. The fourth-order valence-electron chi connectivity index (χ4n) is 2.21. The van der Waals surface area contributed by atoms with Gasteiger partial charge in [-0.05, 0) is 37.0 Å². The highest BCUT2D eigenvalue weighted by atomic mass is 16.3. The molecule has 1 aromatic rings. The molecule has 4 heteroatoms. The predicted molar refractivity (Wildman–Crippen MR) is 64.1 cm³/mol. The number of likely N-dealkylation sites (tertiary alicyclic amines) is 1. The van der Waals surface area contributed by atoms with Crippen LogP contribution in [0.15, 0.2) is 18.2 Å². The number of benzene rings is 1. The van der Waals surface area contributed by atoms with Gasteiger partial charge in [-0.25, -0.2) is 0 Å². The minimum Gasteiger partial charge on any atom is -0.504 e. The number of phenolic OH excluding ortho intramolecular Hbond substituents is 2. The first kappa shape index (κ1) is 11.8. The van der Waals surface area contributed by atoms with Gasteiger partial charge in [0, 0.05) is 18.7 Å². The van der Waals surface area contributed by atoms with Gasteiger partial charge in [-0.1, -0.05) is 6.92 Å². The van der Waals surface area contributed by atoms with Gasteiger partial charge in [0.05, 0.1) is 0 Å². The lowest BCUT2D eigenvalue weighted by molar-refractivity contribution is 0.0682. The van der Waals surface area contributed by atoms with Gasteiger partial charge in [-0.3, -0.25) is 4.79 Å². The Kier molecular flexibility index (Phi) is 3.22. The van der Waals surface area contributed by atoms with Crippen molar-refractivity contribution in [3.05, 3.63) is 23.8 Å². The van der Waals surface area contributed by atoms with Crippen molar-refractivity contribution in [2.75, 3.05) is 13.1 Å². The quantitative estimate of drug-likeness (QED) is 0.731. The minimum absolute atomic E-state index is 0.0770. The molecule has 0 radical (unpaired) electrons. The van der Waals surface area contributed by atoms with E-state index in [1.165, 1.54) is 18.2 Å². The fourth-order valence-corrected chi connectivity index (χ4v) is 2.21. The summed E-state index contributed by atoms with van der Waals surface area (Å²) in [6.07, 6.45) is 2.18. The largest absolute Gasteiger partial charge is 0.504 e. The zero-order valence-corrected chi connectivity index (χ0v) is 9.89. The van der Waals surface area contributed by atoms with Crippen molar-refractivity contribution in [2.45, 2.75) is 19.8 Å². The first-order valence-corrected chi connectivity index (χ1v) is 5.89. The van der Waals surface area contributed by atoms with Crippen LogP contribution in [-0.4, -0.2) is 34.1 Å². The van der Waals surface area contributed by atoms with Crippen molar-refractivity contribution < 1.29 is 15.0 Å². The molecular formula is C13H17NO3. The Balaban J connectivity index is 2.15. The van der Waals surface area contributed by atoms with Crippen LogP contribution in [0, 0.1) is 5.92 Å². The summed E-state index contributed by atoms with van der Waals surface area (Å²) in [6, 6.07) is 4.20. The van der Waals surface area contributed by atoms with E-state index >= 15 is 0 Å². The van der Waals surface area contributed by atoms with Gasteiger partial charge in [0.1, 0.15) is 0 Å². The lowest BCUT2D eigenvalue weighted by Crippen LogP contribution is -2.39. The van der Waals surface area contributed by atoms with E-state index in [4.69, 9.17) is 0 Å². The van der Waals surface area contributed by atoms with Crippen LogP contribution < -0.4 is 0 Å². The maximum Gasteiger partial charge on any atom is 0.254 e. The van der Waals surface area contributed by atoms with Crippen molar-refractivity contribution in [2.24, 2.45) is 5.92 Å². The zero-order chi connectivity index (χ0) is 12.4. The smallest absolute Gasteiger partial charge is 0.254 e. The number of amides is 1. The molecule has 0 saturated carbocycles. The molecule has 1 aromatic carbocycles. The average Bonchev–Trinajstić information content (AvgIpc) is 2.32. The van der Waals surface area contributed by atoms with Crippen molar-refractivity contribution in [3.8, 4) is 11.5 Å². The number of rotatable bonds is 1. The molecule has 0 aromatic heterocycles. The topological polar surface area (TPSA) is 60.8 Å². The van der Waals surface area contributed by atoms with Crippen LogP contribution in [-0.2, 0) is 0 Å². The number of nitrogens with zero attached hydrogens (tertiary/aromatic N) is 1. The van der Waals surface area contributed by atoms with Gasteiger partial charge in [-0.15, -0.1) is 0 Å². The van der Waals surface area contributed by atoms with Crippen LogP contribution in [0.4, 0.5) is 0 Å². The Morgan fingerprint density at radius 2 is 2.12 bits per heavy atom. The lowest BCUT2D eigenvalue weighted by Gasteiger charge is -2.31. The number of phenols is 2. The second kappa shape index (κ2) is 4.65. The number of hydrogen-bond donors (Lipinski definition) is 2. The number of carbonyl (C=O) groups excluding carboxylic acids is 1. The summed E-state index contributed by atoms with van der Waals surface area (Å²) in [5.41, 5.74) is 0.425. The van der Waals surface area contributed by atoms with Gasteiger partial charge in [0.2, 0.25) is 0 Å². The minimum atomic E-state index is -0.249. The molecule has 0 spiro atoms. The molecule has 1 fully saturated rings. The van der Waals surface area contributed by atoms with E-state index in [1.807, 2.05) is 0 Å². The van der Waals surface area contributed by atoms with E-state index in [2.05, 4.69) is 6.92 Å². The number of carbonyl (C=O) groups is 1. The van der Waals surface area contributed by atoms with Crippen LogP contribution >= 0.6 is 0 Å². The summed E-state index contributed by atoms with van der Waals surface area (Å²) in [7, 11) is 0. The van der Waals surface area contributed by atoms with Gasteiger partial charge in [-0.2, -0.15) is 0 Å². The standard InChI is InChI=1S/C13H17NO3/c1-9-3-2-6-14(8-9)13(17)10-4-5-11(15)12(16)7-10/h4-5,7,9,15-16H,2-3,6,8H2,1H3. The molecule has 1 aliphatic heterocycles. The lowest BCUT2D eigenvalue weighted by atomic mass is 9.99. The predicted octanol–water partition coefficient (Wildman–Crippen LogP) is 1.97. The summed E-state index contributed by atoms with van der Waals surface area (Å²) >= 11 is 0. The first-order valence-electron chi connectivity index (χ1n) is 5.89. The highest BCUT2D eigenvalue weighted by Gasteiger charge is 2.22. The molecule has 92 valence electrons. The molecule has 17 heavy (non-hydrogen) atoms. The second-order valence-electron chi connectivity index (χ2n) is 4.70. The fraction of sp³-hybridized carbons (Fsp3) is 0.462. The summed E-state index contributed by atoms with van der Waals surface area (Å²) in [5.74, 6) is -0.000248. The monoisotopic (exact) mass is 235 g/mol. The molecule has 0 bridgehead atoms. The molecule has 1 amide bonds. The van der Waals surface area contributed by atoms with Crippen LogP contribution in [0.2, 0.25) is 0 Å². The van der Waals surface area contributed by atoms with Crippen LogP contribution in [0.3, 0.4) is 0 Å². The molecule has 4 nitrogen and oxygen atoms in total. The maximum atomic E-state index is 12.1. The Morgan fingerprint density at radius 1 is 1.35 bits per heavy atom. The molecule has 2 rings (SSSR count). The van der Waals surface area contributed by atoms with Gasteiger partial charge in [0.25, 0.3) is 5.91 Å².